The van der Waals surface area contributed by atoms with Crippen LogP contribution in [0.5, 0.6) is 0 Å². The number of rotatable bonds is 14. The fourth-order valence-corrected chi connectivity index (χ4v) is 2.75. The van der Waals surface area contributed by atoms with Crippen LogP contribution in [0.25, 0.3) is 0 Å². The smallest absolute Gasteiger partial charge is 0.328 e. The summed E-state index contributed by atoms with van der Waals surface area (Å²) in [6.07, 6.45) is 20.5. The van der Waals surface area contributed by atoms with Crippen molar-refractivity contribution in [2.75, 3.05) is 0 Å². The van der Waals surface area contributed by atoms with E-state index in [2.05, 4.69) is 17.7 Å². The molecule has 0 bridgehead atoms. The lowest BCUT2D eigenvalue weighted by Crippen LogP contribution is -2.40. The highest BCUT2D eigenvalue weighted by atomic mass is 16.6. The van der Waals surface area contributed by atoms with Crippen molar-refractivity contribution in [1.82, 2.24) is 0 Å². The molecule has 0 aliphatic carbocycles. The second-order valence-electron chi connectivity index (χ2n) is 6.32. The minimum atomic E-state index is -0.520. The summed E-state index contributed by atoms with van der Waals surface area (Å²) in [7, 11) is 0. The third-order valence-corrected chi connectivity index (χ3v) is 4.28. The van der Waals surface area contributed by atoms with Crippen LogP contribution in [0.4, 0.5) is 0 Å². The Labute approximate surface area is 135 Å². The zero-order valence-corrected chi connectivity index (χ0v) is 14.1. The van der Waals surface area contributed by atoms with Gasteiger partial charge in [0, 0.05) is 0 Å². The Morgan fingerprint density at radius 1 is 0.773 bits per heavy atom. The van der Waals surface area contributed by atoms with Crippen LogP contribution in [0.2, 0.25) is 0 Å². The number of carbonyl (C=O) groups excluding carboxylic acids is 2. The molecule has 1 aliphatic heterocycles. The van der Waals surface area contributed by atoms with Crippen molar-refractivity contribution in [3.63, 3.8) is 0 Å². The summed E-state index contributed by atoms with van der Waals surface area (Å²) >= 11 is 0. The van der Waals surface area contributed by atoms with Gasteiger partial charge in [0.25, 0.3) is 0 Å². The first-order valence-corrected chi connectivity index (χ1v) is 9.16. The third kappa shape index (κ3) is 8.35. The maximum absolute atomic E-state index is 10.9. The number of allylic oxidation sites excluding steroid dienone is 2. The molecule has 0 radical (unpaired) electrons. The molecule has 0 amide bonds. The topological polar surface area (TPSA) is 43.4 Å². The van der Waals surface area contributed by atoms with E-state index in [4.69, 9.17) is 0 Å². The van der Waals surface area contributed by atoms with Gasteiger partial charge in [0.05, 0.1) is 0 Å². The number of ether oxygens (including phenoxy) is 1. The van der Waals surface area contributed by atoms with Gasteiger partial charge in [0.1, 0.15) is 0 Å². The predicted octanol–water partition coefficient (Wildman–Crippen LogP) is 5.33. The van der Waals surface area contributed by atoms with Gasteiger partial charge in [-0.1, -0.05) is 83.3 Å². The lowest BCUT2D eigenvalue weighted by Gasteiger charge is -2.19. The zero-order chi connectivity index (χ0) is 16.0. The summed E-state index contributed by atoms with van der Waals surface area (Å²) in [4.78, 5) is 21.9. The number of carbonyl (C=O) groups is 2. The minimum Gasteiger partial charge on any atom is -0.392 e. The van der Waals surface area contributed by atoms with E-state index < -0.39 is 5.92 Å². The lowest BCUT2D eigenvalue weighted by molar-refractivity contribution is -0.183. The van der Waals surface area contributed by atoms with Crippen molar-refractivity contribution < 1.29 is 14.3 Å². The van der Waals surface area contributed by atoms with Gasteiger partial charge >= 0.3 is 11.9 Å². The van der Waals surface area contributed by atoms with Gasteiger partial charge in [0.15, 0.2) is 5.92 Å². The SMILES string of the molecule is CCCCCCCCCCCCCC=CCC1C(=O)OC1=O. The summed E-state index contributed by atoms with van der Waals surface area (Å²) in [6.45, 7) is 2.26. The Hall–Kier alpha value is -1.12. The molecule has 22 heavy (non-hydrogen) atoms. The highest BCUT2D eigenvalue weighted by Gasteiger charge is 2.40. The van der Waals surface area contributed by atoms with Crippen LogP contribution in [0, 0.1) is 5.92 Å². The molecule has 126 valence electrons. The van der Waals surface area contributed by atoms with E-state index in [1.54, 1.807) is 0 Å². The van der Waals surface area contributed by atoms with Crippen molar-refractivity contribution in [1.29, 1.82) is 0 Å². The van der Waals surface area contributed by atoms with Crippen LogP contribution in [0.15, 0.2) is 12.2 Å². The molecule has 0 aromatic rings. The van der Waals surface area contributed by atoms with Gasteiger partial charge in [-0.3, -0.25) is 9.59 Å². The molecule has 1 saturated heterocycles. The Balaban J connectivity index is 1.78. The molecule has 1 rings (SSSR count). The molecule has 0 aromatic heterocycles. The molecular weight excluding hydrogens is 276 g/mol. The summed E-state index contributed by atoms with van der Waals surface area (Å²) in [6, 6.07) is 0. The maximum atomic E-state index is 10.9. The van der Waals surface area contributed by atoms with Crippen LogP contribution in [-0.4, -0.2) is 11.9 Å². The fourth-order valence-electron chi connectivity index (χ4n) is 2.75. The van der Waals surface area contributed by atoms with Crippen molar-refractivity contribution in [3.8, 4) is 0 Å². The van der Waals surface area contributed by atoms with E-state index in [-0.39, 0.29) is 11.9 Å². The Kier molecular flexibility index (Phi) is 10.7. The highest BCUT2D eigenvalue weighted by molar-refractivity contribution is 6.09. The molecular formula is C19H32O3. The van der Waals surface area contributed by atoms with E-state index >= 15 is 0 Å². The van der Waals surface area contributed by atoms with Gasteiger partial charge in [-0.05, 0) is 19.3 Å². The third-order valence-electron chi connectivity index (χ3n) is 4.28. The zero-order valence-electron chi connectivity index (χ0n) is 14.1. The van der Waals surface area contributed by atoms with E-state index in [9.17, 15) is 9.59 Å². The number of unbranched alkanes of at least 4 members (excludes halogenated alkanes) is 11. The number of hydrogen-bond donors (Lipinski definition) is 0. The largest absolute Gasteiger partial charge is 0.392 e. The Bertz CT molecular complexity index is 333. The number of cyclic esters (lactones) is 2. The Morgan fingerprint density at radius 3 is 1.77 bits per heavy atom. The normalized spacial score (nSPS) is 15.3. The molecule has 0 aromatic carbocycles. The average molecular weight is 308 g/mol. The molecule has 1 fully saturated rings. The van der Waals surface area contributed by atoms with Crippen LogP contribution < -0.4 is 0 Å². The summed E-state index contributed by atoms with van der Waals surface area (Å²) < 4.78 is 4.31. The standard InChI is InChI=1S/C19H32O3/c1-2-3-4-5-6-7-8-9-10-11-12-13-14-15-16-17-18(20)22-19(17)21/h14-15,17H,2-13,16H2,1H3. The van der Waals surface area contributed by atoms with Crippen LogP contribution in [0.3, 0.4) is 0 Å². The van der Waals surface area contributed by atoms with Crippen molar-refractivity contribution >= 4 is 11.9 Å². The van der Waals surface area contributed by atoms with Gasteiger partial charge in [-0.15, -0.1) is 0 Å². The van der Waals surface area contributed by atoms with Crippen molar-refractivity contribution in [2.24, 2.45) is 5.92 Å². The van der Waals surface area contributed by atoms with Crippen LogP contribution in [0.1, 0.15) is 90.4 Å². The second-order valence-corrected chi connectivity index (χ2v) is 6.32. The molecule has 1 heterocycles. The second kappa shape index (κ2) is 12.4. The average Bonchev–Trinajstić information content (AvgIpc) is 2.51. The molecule has 0 N–H and O–H groups in total. The minimum absolute atomic E-state index is 0.371. The summed E-state index contributed by atoms with van der Waals surface area (Å²) in [5, 5.41) is 0. The molecule has 0 spiro atoms. The first-order valence-electron chi connectivity index (χ1n) is 9.16. The first kappa shape index (κ1) is 18.9. The van der Waals surface area contributed by atoms with E-state index in [1.165, 1.54) is 70.6 Å². The van der Waals surface area contributed by atoms with E-state index in [1.807, 2.05) is 6.08 Å². The summed E-state index contributed by atoms with van der Waals surface area (Å²) in [5.41, 5.74) is 0. The quantitative estimate of drug-likeness (QED) is 0.188. The molecule has 0 unspecified atom stereocenters. The van der Waals surface area contributed by atoms with Crippen molar-refractivity contribution in [3.05, 3.63) is 12.2 Å². The highest BCUT2D eigenvalue weighted by Crippen LogP contribution is 2.19. The van der Waals surface area contributed by atoms with E-state index in [0.717, 1.165) is 6.42 Å². The molecule has 0 atom stereocenters. The molecule has 0 saturated carbocycles. The Morgan fingerprint density at radius 2 is 1.27 bits per heavy atom. The number of esters is 2. The van der Waals surface area contributed by atoms with Crippen molar-refractivity contribution in [2.45, 2.75) is 90.4 Å². The van der Waals surface area contributed by atoms with Crippen LogP contribution in [-0.2, 0) is 14.3 Å². The van der Waals surface area contributed by atoms with Gasteiger partial charge in [-0.25, -0.2) is 0 Å². The lowest BCUT2D eigenvalue weighted by atomic mass is 10.0. The first-order chi connectivity index (χ1) is 10.8. The predicted molar refractivity (Wildman–Crippen MR) is 89.4 cm³/mol. The fraction of sp³-hybridized carbons (Fsp3) is 0.789. The molecule has 3 heteroatoms. The molecule has 1 aliphatic rings. The van der Waals surface area contributed by atoms with Gasteiger partial charge < -0.3 is 4.74 Å². The van der Waals surface area contributed by atoms with E-state index in [0.29, 0.717) is 6.42 Å². The van der Waals surface area contributed by atoms with Gasteiger partial charge in [0.2, 0.25) is 0 Å². The maximum Gasteiger partial charge on any atom is 0.328 e. The number of hydrogen-bond acceptors (Lipinski definition) is 3. The summed E-state index contributed by atoms with van der Waals surface area (Å²) in [5.74, 6) is -1.26. The molecule has 3 nitrogen and oxygen atoms in total. The van der Waals surface area contributed by atoms with Gasteiger partial charge in [-0.2, -0.15) is 0 Å². The van der Waals surface area contributed by atoms with Crippen LogP contribution >= 0.6 is 0 Å². The monoisotopic (exact) mass is 308 g/mol.